The number of piperidine rings is 1. The maximum absolute atomic E-state index is 11.8. The van der Waals surface area contributed by atoms with Crippen molar-refractivity contribution in [3.8, 4) is 11.3 Å². The predicted molar refractivity (Wildman–Crippen MR) is 152 cm³/mol. The Morgan fingerprint density at radius 3 is 2.74 bits per heavy atom. The highest BCUT2D eigenvalue weighted by Gasteiger charge is 2.26. The van der Waals surface area contributed by atoms with Crippen molar-refractivity contribution in [2.24, 2.45) is 5.92 Å². The summed E-state index contributed by atoms with van der Waals surface area (Å²) in [6.45, 7) is 4.77. The molecule has 1 aromatic carbocycles. The van der Waals surface area contributed by atoms with E-state index in [1.807, 2.05) is 30.3 Å². The Bertz CT molecular complexity index is 1420. The van der Waals surface area contributed by atoms with Gasteiger partial charge in [-0.1, -0.05) is 18.2 Å². The van der Waals surface area contributed by atoms with Crippen LogP contribution in [0, 0.1) is 5.92 Å². The van der Waals surface area contributed by atoms with Crippen molar-refractivity contribution >= 4 is 46.5 Å². The van der Waals surface area contributed by atoms with Crippen LogP contribution in [0.1, 0.15) is 31.0 Å². The number of hydrogen-bond donors (Lipinski definition) is 3. The van der Waals surface area contributed by atoms with Crippen LogP contribution in [0.3, 0.4) is 0 Å². The van der Waals surface area contributed by atoms with Crippen molar-refractivity contribution < 1.29 is 14.4 Å². The molecule has 0 aliphatic carbocycles. The standard InChI is InChI=1S/C28H29N7O3S/c1-18(36)32-22-6-2-4-20(14-22)25-21(5-3-10-30-25)17-29-16-19-8-12-35(13-9-19)27-31-11-7-23(33-27)15-24-26(37)34-28(38)39-24/h2-7,10-11,14-15,19,29H,8-9,12-13,16-17H2,1H3,(H,32,36)(H,34,37,38). The first-order valence-corrected chi connectivity index (χ1v) is 13.6. The normalized spacial score (nSPS) is 16.9. The number of thioether (sulfide) groups is 1. The Balaban J connectivity index is 1.14. The summed E-state index contributed by atoms with van der Waals surface area (Å²) in [7, 11) is 0. The molecule has 0 saturated carbocycles. The molecule has 11 heteroatoms. The average Bonchev–Trinajstić information content (AvgIpc) is 3.25. The van der Waals surface area contributed by atoms with Gasteiger partial charge in [0.2, 0.25) is 11.9 Å². The van der Waals surface area contributed by atoms with Crippen LogP contribution in [-0.2, 0) is 16.1 Å². The van der Waals surface area contributed by atoms with Crippen LogP contribution in [-0.4, -0.2) is 51.6 Å². The van der Waals surface area contributed by atoms with E-state index in [0.29, 0.717) is 29.0 Å². The van der Waals surface area contributed by atoms with Crippen LogP contribution in [0.5, 0.6) is 0 Å². The lowest BCUT2D eigenvalue weighted by molar-refractivity contribution is -0.115. The molecule has 10 nitrogen and oxygen atoms in total. The fourth-order valence-electron chi connectivity index (χ4n) is 4.69. The first-order chi connectivity index (χ1) is 18.9. The van der Waals surface area contributed by atoms with Gasteiger partial charge in [0.1, 0.15) is 0 Å². The lowest BCUT2D eigenvalue weighted by Gasteiger charge is -2.32. The van der Waals surface area contributed by atoms with Crippen LogP contribution in [0.25, 0.3) is 17.3 Å². The molecular formula is C28H29N7O3S. The Morgan fingerprint density at radius 2 is 1.97 bits per heavy atom. The van der Waals surface area contributed by atoms with E-state index in [1.54, 1.807) is 24.5 Å². The molecular weight excluding hydrogens is 514 g/mol. The smallest absolute Gasteiger partial charge is 0.290 e. The fourth-order valence-corrected chi connectivity index (χ4v) is 5.35. The third-order valence-electron chi connectivity index (χ3n) is 6.58. The zero-order chi connectivity index (χ0) is 27.2. The molecule has 0 spiro atoms. The van der Waals surface area contributed by atoms with Gasteiger partial charge >= 0.3 is 0 Å². The quantitative estimate of drug-likeness (QED) is 0.363. The summed E-state index contributed by atoms with van der Waals surface area (Å²) in [6, 6.07) is 13.5. The molecule has 0 radical (unpaired) electrons. The zero-order valence-electron chi connectivity index (χ0n) is 21.5. The van der Waals surface area contributed by atoms with E-state index in [1.165, 1.54) is 6.92 Å². The van der Waals surface area contributed by atoms with Gasteiger partial charge in [-0.15, -0.1) is 0 Å². The zero-order valence-corrected chi connectivity index (χ0v) is 22.3. The molecule has 2 aliphatic heterocycles. The lowest BCUT2D eigenvalue weighted by Crippen LogP contribution is -2.38. The van der Waals surface area contributed by atoms with Gasteiger partial charge in [-0.2, -0.15) is 0 Å². The molecule has 0 atom stereocenters. The number of amides is 3. The third-order valence-corrected chi connectivity index (χ3v) is 7.39. The maximum Gasteiger partial charge on any atom is 0.290 e. The van der Waals surface area contributed by atoms with Gasteiger partial charge in [0, 0.05) is 50.2 Å². The van der Waals surface area contributed by atoms with Crippen molar-refractivity contribution in [3.63, 3.8) is 0 Å². The number of carbonyl (C=O) groups is 3. The van der Waals surface area contributed by atoms with Crippen molar-refractivity contribution in [1.29, 1.82) is 0 Å². The molecule has 3 N–H and O–H groups in total. The number of benzene rings is 1. The molecule has 5 rings (SSSR count). The van der Waals surface area contributed by atoms with Crippen LogP contribution in [0.15, 0.2) is 59.8 Å². The van der Waals surface area contributed by atoms with E-state index in [2.05, 4.69) is 41.9 Å². The molecule has 2 fully saturated rings. The maximum atomic E-state index is 11.8. The monoisotopic (exact) mass is 543 g/mol. The highest BCUT2D eigenvalue weighted by atomic mass is 32.2. The largest absolute Gasteiger partial charge is 0.341 e. The minimum Gasteiger partial charge on any atom is -0.341 e. The van der Waals surface area contributed by atoms with Gasteiger partial charge in [0.05, 0.1) is 16.3 Å². The van der Waals surface area contributed by atoms with Gasteiger partial charge in [-0.3, -0.25) is 24.7 Å². The highest BCUT2D eigenvalue weighted by Crippen LogP contribution is 2.27. The number of nitrogens with one attached hydrogen (secondary N) is 3. The second kappa shape index (κ2) is 12.2. The van der Waals surface area contributed by atoms with E-state index in [0.717, 1.165) is 66.7 Å². The van der Waals surface area contributed by atoms with E-state index in [4.69, 9.17) is 0 Å². The molecule has 200 valence electrons. The summed E-state index contributed by atoms with van der Waals surface area (Å²) in [5.74, 6) is 0.661. The van der Waals surface area contributed by atoms with Crippen LogP contribution < -0.4 is 20.9 Å². The fraction of sp³-hybridized carbons (Fsp3) is 0.286. The Morgan fingerprint density at radius 1 is 1.13 bits per heavy atom. The summed E-state index contributed by atoms with van der Waals surface area (Å²) < 4.78 is 0. The molecule has 39 heavy (non-hydrogen) atoms. The minimum absolute atomic E-state index is 0.104. The highest BCUT2D eigenvalue weighted by molar-refractivity contribution is 8.18. The number of anilines is 2. The molecule has 2 aliphatic rings. The summed E-state index contributed by atoms with van der Waals surface area (Å²) in [5, 5.41) is 8.32. The molecule has 0 unspecified atom stereocenters. The van der Waals surface area contributed by atoms with Gasteiger partial charge in [-0.05, 0) is 73.0 Å². The number of rotatable bonds is 8. The van der Waals surface area contributed by atoms with E-state index in [9.17, 15) is 14.4 Å². The van der Waals surface area contributed by atoms with Crippen LogP contribution >= 0.6 is 11.8 Å². The summed E-state index contributed by atoms with van der Waals surface area (Å²) in [6.07, 6.45) is 7.10. The molecule has 2 saturated heterocycles. The number of nitrogens with zero attached hydrogens (tertiary/aromatic N) is 4. The van der Waals surface area contributed by atoms with E-state index in [-0.39, 0.29) is 11.1 Å². The van der Waals surface area contributed by atoms with E-state index < -0.39 is 5.91 Å². The summed E-state index contributed by atoms with van der Waals surface area (Å²) >= 11 is 0.880. The lowest BCUT2D eigenvalue weighted by atomic mass is 9.96. The third kappa shape index (κ3) is 6.87. The number of pyridine rings is 1. The van der Waals surface area contributed by atoms with Gasteiger partial charge in [-0.25, -0.2) is 9.97 Å². The SMILES string of the molecule is CC(=O)Nc1cccc(-c2ncccc2CNCC2CCN(c3nccc(C=C4SC(=O)NC4=O)n3)CC2)c1. The van der Waals surface area contributed by atoms with Crippen molar-refractivity contribution in [1.82, 2.24) is 25.6 Å². The number of imide groups is 1. The molecule has 0 bridgehead atoms. The Labute approximate surface area is 230 Å². The topological polar surface area (TPSA) is 129 Å². The van der Waals surface area contributed by atoms with Gasteiger partial charge in [0.15, 0.2) is 0 Å². The van der Waals surface area contributed by atoms with Crippen molar-refractivity contribution in [3.05, 3.63) is 71.0 Å². The number of aromatic nitrogens is 3. The number of hydrogen-bond acceptors (Lipinski definition) is 9. The molecule has 4 heterocycles. The number of carbonyl (C=O) groups excluding carboxylic acids is 3. The van der Waals surface area contributed by atoms with Gasteiger partial charge < -0.3 is 15.5 Å². The second-order valence-corrected chi connectivity index (χ2v) is 10.5. The van der Waals surface area contributed by atoms with Gasteiger partial charge in [0.25, 0.3) is 11.1 Å². The minimum atomic E-state index is -0.393. The Kier molecular flexibility index (Phi) is 8.28. The average molecular weight is 544 g/mol. The first kappa shape index (κ1) is 26.5. The van der Waals surface area contributed by atoms with Crippen molar-refractivity contribution in [2.75, 3.05) is 29.9 Å². The molecule has 2 aromatic heterocycles. The predicted octanol–water partition coefficient (Wildman–Crippen LogP) is 3.83. The molecule has 3 aromatic rings. The second-order valence-electron chi connectivity index (χ2n) is 9.47. The van der Waals surface area contributed by atoms with Crippen LogP contribution in [0.4, 0.5) is 16.4 Å². The first-order valence-electron chi connectivity index (χ1n) is 12.8. The summed E-state index contributed by atoms with van der Waals surface area (Å²) in [5.41, 5.74) is 4.32. The summed E-state index contributed by atoms with van der Waals surface area (Å²) in [4.78, 5) is 50.8. The Hall–Kier alpha value is -4.09. The van der Waals surface area contributed by atoms with Crippen molar-refractivity contribution in [2.45, 2.75) is 26.3 Å². The molecule has 3 amide bonds. The van der Waals surface area contributed by atoms with Crippen LogP contribution in [0.2, 0.25) is 0 Å². The van der Waals surface area contributed by atoms with E-state index >= 15 is 0 Å².